The fourth-order valence-corrected chi connectivity index (χ4v) is 1.98. The van der Waals surface area contributed by atoms with Gasteiger partial charge in [-0.1, -0.05) is 34.1 Å². The molecule has 2 aromatic heterocycles. The van der Waals surface area contributed by atoms with E-state index in [9.17, 15) is 0 Å². The summed E-state index contributed by atoms with van der Waals surface area (Å²) in [5, 5.41) is 13.4. The molecule has 0 atom stereocenters. The van der Waals surface area contributed by atoms with Gasteiger partial charge in [0.25, 0.3) is 0 Å². The van der Waals surface area contributed by atoms with E-state index in [0.717, 1.165) is 10.0 Å². The molecule has 0 spiro atoms. The van der Waals surface area contributed by atoms with Gasteiger partial charge in [-0.2, -0.15) is 5.26 Å². The third kappa shape index (κ3) is 1.77. The van der Waals surface area contributed by atoms with E-state index in [0.29, 0.717) is 17.2 Å². The second-order valence-electron chi connectivity index (χ2n) is 3.74. The first-order valence-electron chi connectivity index (χ1n) is 5.30. The van der Waals surface area contributed by atoms with Gasteiger partial charge in [-0.25, -0.2) is 9.50 Å². The zero-order valence-electron chi connectivity index (χ0n) is 9.21. The first kappa shape index (κ1) is 10.9. The number of fused-ring (bicyclic) bond motifs is 1. The third-order valence-electron chi connectivity index (χ3n) is 2.58. The van der Waals surface area contributed by atoms with Crippen LogP contribution < -0.4 is 0 Å². The predicted molar refractivity (Wildman–Crippen MR) is 70.8 cm³/mol. The number of benzene rings is 1. The van der Waals surface area contributed by atoms with Crippen molar-refractivity contribution >= 4 is 21.6 Å². The van der Waals surface area contributed by atoms with Gasteiger partial charge in [0.2, 0.25) is 0 Å². The molecule has 0 amide bonds. The lowest BCUT2D eigenvalue weighted by molar-refractivity contribution is 0.945. The molecule has 0 aliphatic carbocycles. The van der Waals surface area contributed by atoms with Crippen molar-refractivity contribution in [3.63, 3.8) is 0 Å². The number of nitrogens with zero attached hydrogens (tertiary/aromatic N) is 4. The molecule has 3 rings (SSSR count). The Bertz CT molecular complexity index is 753. The zero-order chi connectivity index (χ0) is 12.5. The van der Waals surface area contributed by atoms with Crippen LogP contribution in [-0.4, -0.2) is 14.6 Å². The fraction of sp³-hybridized carbons (Fsp3) is 0. The van der Waals surface area contributed by atoms with Gasteiger partial charge in [0, 0.05) is 10.0 Å². The summed E-state index contributed by atoms with van der Waals surface area (Å²) in [7, 11) is 0. The lowest BCUT2D eigenvalue weighted by atomic mass is 10.2. The summed E-state index contributed by atoms with van der Waals surface area (Å²) in [5.74, 6) is 0.616. The van der Waals surface area contributed by atoms with E-state index >= 15 is 0 Å². The molecule has 18 heavy (non-hydrogen) atoms. The highest BCUT2D eigenvalue weighted by atomic mass is 79.9. The van der Waals surface area contributed by atoms with Crippen molar-refractivity contribution in [2.24, 2.45) is 0 Å². The number of pyridine rings is 1. The second kappa shape index (κ2) is 4.24. The van der Waals surface area contributed by atoms with Gasteiger partial charge in [-0.3, -0.25) is 0 Å². The van der Waals surface area contributed by atoms with E-state index in [2.05, 4.69) is 32.1 Å². The molecular formula is C13H7BrN4. The molecule has 0 unspecified atom stereocenters. The molecule has 3 aromatic rings. The molecule has 2 heterocycles. The summed E-state index contributed by atoms with van der Waals surface area (Å²) in [6.45, 7) is 0. The van der Waals surface area contributed by atoms with E-state index in [1.54, 1.807) is 16.6 Å². The van der Waals surface area contributed by atoms with Crippen molar-refractivity contribution in [3.05, 3.63) is 52.6 Å². The van der Waals surface area contributed by atoms with Crippen molar-refractivity contribution in [3.8, 4) is 17.5 Å². The SMILES string of the molecule is N#Cc1cccc2nc(-c3ccc(Br)cc3)nn12. The molecule has 0 N–H and O–H groups in total. The molecule has 0 fully saturated rings. The number of aromatic nitrogens is 3. The average molecular weight is 299 g/mol. The Labute approximate surface area is 112 Å². The van der Waals surface area contributed by atoms with E-state index < -0.39 is 0 Å². The molecule has 0 radical (unpaired) electrons. The van der Waals surface area contributed by atoms with Crippen LogP contribution in [0.15, 0.2) is 46.9 Å². The van der Waals surface area contributed by atoms with Gasteiger partial charge in [-0.05, 0) is 24.3 Å². The topological polar surface area (TPSA) is 54.0 Å². The molecule has 0 aliphatic rings. The quantitative estimate of drug-likeness (QED) is 0.694. The smallest absolute Gasteiger partial charge is 0.182 e. The molecule has 0 saturated heterocycles. The van der Waals surface area contributed by atoms with Crippen LogP contribution in [0.2, 0.25) is 0 Å². The van der Waals surface area contributed by atoms with Crippen molar-refractivity contribution < 1.29 is 0 Å². The predicted octanol–water partition coefficient (Wildman–Crippen LogP) is 3.03. The van der Waals surface area contributed by atoms with Gasteiger partial charge >= 0.3 is 0 Å². The average Bonchev–Trinajstić information content (AvgIpc) is 2.83. The molecule has 0 saturated carbocycles. The van der Waals surface area contributed by atoms with Crippen LogP contribution in [0.5, 0.6) is 0 Å². The van der Waals surface area contributed by atoms with E-state index in [4.69, 9.17) is 5.26 Å². The highest BCUT2D eigenvalue weighted by Gasteiger charge is 2.08. The lowest BCUT2D eigenvalue weighted by Crippen LogP contribution is -1.93. The maximum atomic E-state index is 9.01. The highest BCUT2D eigenvalue weighted by molar-refractivity contribution is 9.10. The van der Waals surface area contributed by atoms with Crippen LogP contribution >= 0.6 is 15.9 Å². The normalized spacial score (nSPS) is 10.4. The minimum Gasteiger partial charge on any atom is -0.207 e. The number of rotatable bonds is 1. The number of hydrogen-bond donors (Lipinski definition) is 0. The summed E-state index contributed by atoms with van der Waals surface area (Å²) in [4.78, 5) is 4.41. The lowest BCUT2D eigenvalue weighted by Gasteiger charge is -1.94. The molecule has 5 heteroatoms. The monoisotopic (exact) mass is 298 g/mol. The molecule has 86 valence electrons. The number of halogens is 1. The largest absolute Gasteiger partial charge is 0.207 e. The van der Waals surface area contributed by atoms with Crippen molar-refractivity contribution in [2.45, 2.75) is 0 Å². The molecular weight excluding hydrogens is 292 g/mol. The van der Waals surface area contributed by atoms with Crippen molar-refractivity contribution in [2.75, 3.05) is 0 Å². The first-order valence-corrected chi connectivity index (χ1v) is 6.09. The molecule has 0 bridgehead atoms. The minimum absolute atomic E-state index is 0.475. The maximum Gasteiger partial charge on any atom is 0.182 e. The van der Waals surface area contributed by atoms with Crippen LogP contribution in [0.1, 0.15) is 5.69 Å². The highest BCUT2D eigenvalue weighted by Crippen LogP contribution is 2.19. The van der Waals surface area contributed by atoms with Gasteiger partial charge in [-0.15, -0.1) is 5.10 Å². The van der Waals surface area contributed by atoms with Crippen molar-refractivity contribution in [1.29, 1.82) is 5.26 Å². The number of hydrogen-bond acceptors (Lipinski definition) is 3. The van der Waals surface area contributed by atoms with Crippen LogP contribution in [-0.2, 0) is 0 Å². The molecule has 1 aromatic carbocycles. The second-order valence-corrected chi connectivity index (χ2v) is 4.65. The Balaban J connectivity index is 2.20. The Morgan fingerprint density at radius 1 is 1.11 bits per heavy atom. The fourth-order valence-electron chi connectivity index (χ4n) is 1.71. The summed E-state index contributed by atoms with van der Waals surface area (Å²) in [5.41, 5.74) is 2.07. The van der Waals surface area contributed by atoms with Gasteiger partial charge in [0.15, 0.2) is 11.5 Å². The van der Waals surface area contributed by atoms with Crippen LogP contribution in [0.4, 0.5) is 0 Å². The Morgan fingerprint density at radius 3 is 2.61 bits per heavy atom. The van der Waals surface area contributed by atoms with Crippen molar-refractivity contribution in [1.82, 2.24) is 14.6 Å². The van der Waals surface area contributed by atoms with E-state index in [1.807, 2.05) is 30.3 Å². The van der Waals surface area contributed by atoms with Gasteiger partial charge in [0.05, 0.1) is 0 Å². The van der Waals surface area contributed by atoms with Crippen LogP contribution in [0.25, 0.3) is 17.0 Å². The summed E-state index contributed by atoms with van der Waals surface area (Å²) in [6, 6.07) is 15.2. The van der Waals surface area contributed by atoms with Crippen LogP contribution in [0, 0.1) is 11.3 Å². The zero-order valence-corrected chi connectivity index (χ0v) is 10.8. The molecule has 4 nitrogen and oxygen atoms in total. The maximum absolute atomic E-state index is 9.01. The summed E-state index contributed by atoms with van der Waals surface area (Å²) >= 11 is 3.39. The number of nitriles is 1. The van der Waals surface area contributed by atoms with Crippen LogP contribution in [0.3, 0.4) is 0 Å². The first-order chi connectivity index (χ1) is 8.78. The standard InChI is InChI=1S/C13H7BrN4/c14-10-6-4-9(5-7-10)13-16-12-3-1-2-11(8-15)18(12)17-13/h1-7H. The summed E-state index contributed by atoms with van der Waals surface area (Å²) < 4.78 is 2.56. The van der Waals surface area contributed by atoms with E-state index in [1.165, 1.54) is 0 Å². The van der Waals surface area contributed by atoms with Gasteiger partial charge in [0.1, 0.15) is 11.8 Å². The van der Waals surface area contributed by atoms with Gasteiger partial charge < -0.3 is 0 Å². The Kier molecular flexibility index (Phi) is 2.58. The summed E-state index contributed by atoms with van der Waals surface area (Å²) in [6.07, 6.45) is 0. The molecule has 0 aliphatic heterocycles. The van der Waals surface area contributed by atoms with E-state index in [-0.39, 0.29) is 0 Å². The Hall–Kier alpha value is -2.19. The minimum atomic E-state index is 0.475. The Morgan fingerprint density at radius 2 is 1.89 bits per heavy atom. The third-order valence-corrected chi connectivity index (χ3v) is 3.11.